The molecule has 0 aromatic rings. The maximum atomic E-state index is 10.8. The number of carbonyl (C=O) groups excluding carboxylic acids is 2. The number of hydrogen-bond donors (Lipinski definition) is 1. The molecule has 1 rings (SSSR count). The van der Waals surface area contributed by atoms with Crippen molar-refractivity contribution in [1.29, 1.82) is 0 Å². The molecule has 92 valence electrons. The maximum Gasteiger partial charge on any atom is 0.528 e. The molecule has 0 bridgehead atoms. The topological polar surface area (TPSA) is 77.1 Å². The SMILES string of the molecule is O=CCOC(=O)ONCCN1CCOCC1. The van der Waals surface area contributed by atoms with E-state index in [2.05, 4.69) is 20.0 Å². The first-order valence-corrected chi connectivity index (χ1v) is 5.13. The van der Waals surface area contributed by atoms with E-state index >= 15 is 0 Å². The van der Waals surface area contributed by atoms with Crippen molar-refractivity contribution in [3.05, 3.63) is 0 Å². The quantitative estimate of drug-likeness (QED) is 0.277. The van der Waals surface area contributed by atoms with Gasteiger partial charge in [-0.1, -0.05) is 0 Å². The zero-order valence-corrected chi connectivity index (χ0v) is 9.02. The minimum Gasteiger partial charge on any atom is -0.425 e. The van der Waals surface area contributed by atoms with Crippen molar-refractivity contribution in [3.8, 4) is 0 Å². The van der Waals surface area contributed by atoms with Crippen molar-refractivity contribution in [2.75, 3.05) is 46.0 Å². The Bertz CT molecular complexity index is 218. The minimum absolute atomic E-state index is 0.288. The zero-order chi connectivity index (χ0) is 11.6. The Balaban J connectivity index is 1.94. The molecule has 1 N–H and O–H groups in total. The summed E-state index contributed by atoms with van der Waals surface area (Å²) in [5.41, 5.74) is 2.47. The first-order valence-electron chi connectivity index (χ1n) is 5.13. The van der Waals surface area contributed by atoms with Gasteiger partial charge in [0.25, 0.3) is 0 Å². The van der Waals surface area contributed by atoms with Crippen LogP contribution in [-0.4, -0.2) is 63.3 Å². The van der Waals surface area contributed by atoms with Crippen LogP contribution in [-0.2, 0) is 19.1 Å². The van der Waals surface area contributed by atoms with Crippen LogP contribution in [0, 0.1) is 0 Å². The van der Waals surface area contributed by atoms with Crippen molar-refractivity contribution < 1.29 is 23.9 Å². The van der Waals surface area contributed by atoms with E-state index in [1.807, 2.05) is 0 Å². The summed E-state index contributed by atoms with van der Waals surface area (Å²) in [6.07, 6.45) is -0.413. The summed E-state index contributed by atoms with van der Waals surface area (Å²) in [6, 6.07) is 0. The zero-order valence-electron chi connectivity index (χ0n) is 9.02. The molecule has 0 spiro atoms. The fourth-order valence-electron chi connectivity index (χ4n) is 1.27. The molecule has 0 aromatic heterocycles. The molecule has 0 amide bonds. The van der Waals surface area contributed by atoms with Gasteiger partial charge in [-0.3, -0.25) is 9.69 Å². The third-order valence-corrected chi connectivity index (χ3v) is 2.06. The Morgan fingerprint density at radius 1 is 1.44 bits per heavy atom. The van der Waals surface area contributed by atoms with E-state index in [-0.39, 0.29) is 6.61 Å². The monoisotopic (exact) mass is 232 g/mol. The molecular formula is C9H16N2O5. The van der Waals surface area contributed by atoms with E-state index in [0.717, 1.165) is 32.8 Å². The predicted octanol–water partition coefficient (Wildman–Crippen LogP) is -0.825. The van der Waals surface area contributed by atoms with Gasteiger partial charge in [-0.15, -0.1) is 5.48 Å². The Morgan fingerprint density at radius 2 is 2.19 bits per heavy atom. The van der Waals surface area contributed by atoms with Gasteiger partial charge in [0.05, 0.1) is 13.2 Å². The summed E-state index contributed by atoms with van der Waals surface area (Å²) in [5, 5.41) is 0. The average Bonchev–Trinajstić information content (AvgIpc) is 2.33. The van der Waals surface area contributed by atoms with Crippen LogP contribution in [0.2, 0.25) is 0 Å². The van der Waals surface area contributed by atoms with E-state index in [9.17, 15) is 9.59 Å². The molecule has 0 saturated carbocycles. The summed E-state index contributed by atoms with van der Waals surface area (Å²) >= 11 is 0. The van der Waals surface area contributed by atoms with E-state index in [1.54, 1.807) is 0 Å². The summed E-state index contributed by atoms with van der Waals surface area (Å²) in [7, 11) is 0. The van der Waals surface area contributed by atoms with Gasteiger partial charge in [0.1, 0.15) is 0 Å². The van der Waals surface area contributed by atoms with Crippen LogP contribution in [0.15, 0.2) is 0 Å². The van der Waals surface area contributed by atoms with Crippen LogP contribution in [0.3, 0.4) is 0 Å². The van der Waals surface area contributed by atoms with Crippen molar-refractivity contribution in [1.82, 2.24) is 10.4 Å². The lowest BCUT2D eigenvalue weighted by Gasteiger charge is -2.26. The number of nitrogens with zero attached hydrogens (tertiary/aromatic N) is 1. The summed E-state index contributed by atoms with van der Waals surface area (Å²) in [4.78, 5) is 27.3. The van der Waals surface area contributed by atoms with Crippen LogP contribution in [0.4, 0.5) is 4.79 Å². The highest BCUT2D eigenvalue weighted by Crippen LogP contribution is 1.94. The van der Waals surface area contributed by atoms with Gasteiger partial charge in [0.15, 0.2) is 12.9 Å². The van der Waals surface area contributed by atoms with Crippen LogP contribution in [0.5, 0.6) is 0 Å². The summed E-state index contributed by atoms with van der Waals surface area (Å²) in [5.74, 6) is 0. The highest BCUT2D eigenvalue weighted by Gasteiger charge is 2.09. The molecule has 1 heterocycles. The predicted molar refractivity (Wildman–Crippen MR) is 53.8 cm³/mol. The van der Waals surface area contributed by atoms with Gasteiger partial charge in [-0.05, 0) is 0 Å². The van der Waals surface area contributed by atoms with Crippen molar-refractivity contribution in [3.63, 3.8) is 0 Å². The molecular weight excluding hydrogens is 216 g/mol. The maximum absolute atomic E-state index is 10.8. The largest absolute Gasteiger partial charge is 0.528 e. The van der Waals surface area contributed by atoms with Gasteiger partial charge in [-0.2, -0.15) is 0 Å². The molecule has 0 unspecified atom stereocenters. The number of morpholine rings is 1. The van der Waals surface area contributed by atoms with Crippen molar-refractivity contribution >= 4 is 12.4 Å². The Morgan fingerprint density at radius 3 is 2.88 bits per heavy atom. The third kappa shape index (κ3) is 5.64. The van der Waals surface area contributed by atoms with E-state index in [4.69, 9.17) is 4.74 Å². The Kier molecular flexibility index (Phi) is 6.47. The smallest absolute Gasteiger partial charge is 0.425 e. The third-order valence-electron chi connectivity index (χ3n) is 2.06. The molecule has 7 heteroatoms. The molecule has 1 aliphatic heterocycles. The van der Waals surface area contributed by atoms with Crippen LogP contribution >= 0.6 is 0 Å². The van der Waals surface area contributed by atoms with Crippen LogP contribution in [0.25, 0.3) is 0 Å². The highest BCUT2D eigenvalue weighted by molar-refractivity contribution is 5.63. The van der Waals surface area contributed by atoms with Crippen LogP contribution < -0.4 is 5.48 Å². The van der Waals surface area contributed by atoms with Gasteiger partial charge in [0.2, 0.25) is 0 Å². The number of nitrogens with one attached hydrogen (secondary N) is 1. The van der Waals surface area contributed by atoms with Crippen molar-refractivity contribution in [2.45, 2.75) is 0 Å². The molecule has 16 heavy (non-hydrogen) atoms. The molecule has 0 aromatic carbocycles. The summed E-state index contributed by atoms with van der Waals surface area (Å²) in [6.45, 7) is 4.24. The van der Waals surface area contributed by atoms with Gasteiger partial charge in [0, 0.05) is 26.2 Å². The molecule has 1 saturated heterocycles. The first kappa shape index (κ1) is 12.9. The fraction of sp³-hybridized carbons (Fsp3) is 0.778. The van der Waals surface area contributed by atoms with Gasteiger partial charge < -0.3 is 14.3 Å². The molecule has 7 nitrogen and oxygen atoms in total. The fourth-order valence-corrected chi connectivity index (χ4v) is 1.27. The Hall–Kier alpha value is -1.18. The second-order valence-corrected chi connectivity index (χ2v) is 3.18. The lowest BCUT2D eigenvalue weighted by atomic mass is 10.4. The molecule has 0 atom stereocenters. The average molecular weight is 232 g/mol. The number of carbonyl (C=O) groups is 2. The molecule has 1 aliphatic rings. The van der Waals surface area contributed by atoms with Crippen LogP contribution in [0.1, 0.15) is 0 Å². The lowest BCUT2D eigenvalue weighted by molar-refractivity contribution is -0.111. The van der Waals surface area contributed by atoms with E-state index in [1.165, 1.54) is 0 Å². The first-order chi connectivity index (χ1) is 7.83. The molecule has 0 aliphatic carbocycles. The van der Waals surface area contributed by atoms with E-state index < -0.39 is 6.16 Å². The standard InChI is InChI=1S/C9H16N2O5/c12-5-8-15-9(13)16-10-1-2-11-3-6-14-7-4-11/h5,10H,1-4,6-8H2. The number of ether oxygens (including phenoxy) is 2. The van der Waals surface area contributed by atoms with Gasteiger partial charge in [-0.25, -0.2) is 4.79 Å². The van der Waals surface area contributed by atoms with E-state index in [0.29, 0.717) is 12.8 Å². The Labute approximate surface area is 93.6 Å². The summed E-state index contributed by atoms with van der Waals surface area (Å²) < 4.78 is 9.55. The number of aldehydes is 1. The lowest BCUT2D eigenvalue weighted by Crippen LogP contribution is -2.40. The number of hydroxylamine groups is 1. The molecule has 0 radical (unpaired) electrons. The normalized spacial score (nSPS) is 16.8. The number of hydrogen-bond acceptors (Lipinski definition) is 7. The highest BCUT2D eigenvalue weighted by atomic mass is 16.8. The van der Waals surface area contributed by atoms with Gasteiger partial charge >= 0.3 is 6.16 Å². The van der Waals surface area contributed by atoms with Crippen molar-refractivity contribution in [2.24, 2.45) is 0 Å². The second kappa shape index (κ2) is 8.03. The second-order valence-electron chi connectivity index (χ2n) is 3.18. The number of rotatable bonds is 6. The minimum atomic E-state index is -0.894. The molecule has 1 fully saturated rings.